The van der Waals surface area contributed by atoms with E-state index in [1.807, 2.05) is 30.3 Å². The third-order valence-electron chi connectivity index (χ3n) is 6.18. The molecule has 1 aliphatic rings. The molecule has 4 N–H and O–H groups in total. The maximum absolute atomic E-state index is 12.0. The van der Waals surface area contributed by atoms with Gasteiger partial charge < -0.3 is 39.3 Å². The van der Waals surface area contributed by atoms with Gasteiger partial charge in [0.2, 0.25) is 5.28 Å². The Morgan fingerprint density at radius 1 is 1.17 bits per heavy atom. The zero-order valence-electron chi connectivity index (χ0n) is 22.1. The lowest BCUT2D eigenvalue weighted by atomic mass is 10.0. The Bertz CT molecular complexity index is 1650. The summed E-state index contributed by atoms with van der Waals surface area (Å²) in [5.41, 5.74) is 6.08. The molecule has 42 heavy (non-hydrogen) atoms. The van der Waals surface area contributed by atoms with Gasteiger partial charge >= 0.3 is 12.3 Å². The second-order valence-corrected chi connectivity index (χ2v) is 9.32. The van der Waals surface area contributed by atoms with Crippen LogP contribution >= 0.6 is 11.6 Å². The summed E-state index contributed by atoms with van der Waals surface area (Å²) in [6.45, 7) is -0.310. The monoisotopic (exact) mass is 595 g/mol. The van der Waals surface area contributed by atoms with Gasteiger partial charge in [0, 0.05) is 12.4 Å². The zero-order chi connectivity index (χ0) is 30.1. The van der Waals surface area contributed by atoms with E-state index in [4.69, 9.17) is 43.1 Å². The number of rotatable bonds is 7. The minimum Gasteiger partial charge on any atom is -0.450 e. The summed E-state index contributed by atoms with van der Waals surface area (Å²) in [5.74, 6) is 2.83. The van der Waals surface area contributed by atoms with Crippen molar-refractivity contribution in [2.75, 3.05) is 12.3 Å². The lowest BCUT2D eigenvalue weighted by Crippen LogP contribution is -2.34. The lowest BCUT2D eigenvalue weighted by Gasteiger charge is -2.23. The minimum absolute atomic E-state index is 0.0227. The van der Waals surface area contributed by atoms with E-state index in [1.165, 1.54) is 6.20 Å². The molecule has 4 aromatic rings. The van der Waals surface area contributed by atoms with E-state index in [2.05, 4.69) is 25.6 Å². The van der Waals surface area contributed by atoms with Gasteiger partial charge in [-0.05, 0) is 48.2 Å². The van der Waals surface area contributed by atoms with E-state index in [0.29, 0.717) is 29.4 Å². The van der Waals surface area contributed by atoms with Gasteiger partial charge in [0.15, 0.2) is 5.60 Å². The van der Waals surface area contributed by atoms with Gasteiger partial charge in [0.1, 0.15) is 37.5 Å². The van der Waals surface area contributed by atoms with E-state index < -0.39 is 24.1 Å². The van der Waals surface area contributed by atoms with E-state index in [9.17, 15) is 14.4 Å². The first-order valence-corrected chi connectivity index (χ1v) is 12.9. The van der Waals surface area contributed by atoms with Crippen molar-refractivity contribution < 1.29 is 33.6 Å². The fraction of sp³-hybridized carbons (Fsp3) is 0.250. The number of nitrogens with two attached hydrogens (primary N) is 1. The van der Waals surface area contributed by atoms with Gasteiger partial charge in [-0.15, -0.1) is 6.42 Å². The van der Waals surface area contributed by atoms with Crippen LogP contribution in [0.4, 0.5) is 15.4 Å². The van der Waals surface area contributed by atoms with Crippen LogP contribution in [0.25, 0.3) is 11.0 Å². The smallest absolute Gasteiger partial charge is 0.450 e. The molecule has 1 aromatic carbocycles. The number of pyridine rings is 1. The van der Waals surface area contributed by atoms with Gasteiger partial charge in [-0.1, -0.05) is 36.3 Å². The summed E-state index contributed by atoms with van der Waals surface area (Å²) in [6.07, 6.45) is 7.26. The number of ether oxygens (including phenoxy) is 4. The molecule has 3 aromatic heterocycles. The van der Waals surface area contributed by atoms with E-state index in [-0.39, 0.29) is 36.5 Å². The average Bonchev–Trinajstić information content (AvgIpc) is 3.60. The summed E-state index contributed by atoms with van der Waals surface area (Å²) in [4.78, 5) is 44.2. The molecule has 0 aliphatic carbocycles. The Hall–Kier alpha value is -5.06. The number of carbonyl (C=O) groups is 2. The molecule has 218 valence electrons. The highest BCUT2D eigenvalue weighted by Gasteiger charge is 2.41. The summed E-state index contributed by atoms with van der Waals surface area (Å²) >= 11 is 5.93. The Labute approximate surface area is 244 Å². The molecule has 13 nitrogen and oxygen atoms in total. The molecular formula is C28H26ClN5O8. The minimum atomic E-state index is -1.24. The third-order valence-corrected chi connectivity index (χ3v) is 6.35. The highest BCUT2D eigenvalue weighted by Crippen LogP contribution is 2.38. The van der Waals surface area contributed by atoms with Crippen LogP contribution in [0.5, 0.6) is 0 Å². The predicted octanol–water partition coefficient (Wildman–Crippen LogP) is 4.27. The topological polar surface area (TPSA) is 181 Å². The number of H-pyrrole nitrogens is 1. The molecule has 0 unspecified atom stereocenters. The van der Waals surface area contributed by atoms with Crippen LogP contribution in [0.15, 0.2) is 65.7 Å². The van der Waals surface area contributed by atoms with Crippen LogP contribution in [0, 0.1) is 12.3 Å². The quantitative estimate of drug-likeness (QED) is 0.158. The summed E-state index contributed by atoms with van der Waals surface area (Å²) in [6, 6.07) is 14.1. The van der Waals surface area contributed by atoms with Crippen LogP contribution in [0.3, 0.4) is 0 Å². The number of nitrogens with zero attached hydrogens (tertiary/aromatic N) is 3. The van der Waals surface area contributed by atoms with Crippen molar-refractivity contribution in [1.29, 1.82) is 0 Å². The maximum atomic E-state index is 12.0. The normalized spacial score (nSPS) is 17.5. The number of nitrogen functional groups attached to an aromatic ring is 1. The molecule has 14 heteroatoms. The summed E-state index contributed by atoms with van der Waals surface area (Å²) < 4.78 is 22.3. The van der Waals surface area contributed by atoms with Gasteiger partial charge in [-0.3, -0.25) is 4.79 Å². The first kappa shape index (κ1) is 29.9. The molecule has 0 spiro atoms. The zero-order valence-corrected chi connectivity index (χ0v) is 22.8. The Morgan fingerprint density at radius 2 is 1.95 bits per heavy atom. The molecule has 0 amide bonds. The molecule has 1 fully saturated rings. The number of hydrogen-bond donors (Lipinski definition) is 3. The number of aromatic nitrogens is 4. The molecule has 0 bridgehead atoms. The van der Waals surface area contributed by atoms with Gasteiger partial charge in [0.05, 0.1) is 10.9 Å². The van der Waals surface area contributed by atoms with Crippen molar-refractivity contribution >= 4 is 40.8 Å². The van der Waals surface area contributed by atoms with E-state index in [1.54, 1.807) is 29.0 Å². The van der Waals surface area contributed by atoms with E-state index in [0.717, 1.165) is 5.56 Å². The fourth-order valence-electron chi connectivity index (χ4n) is 4.09. The third kappa shape index (κ3) is 7.57. The maximum Gasteiger partial charge on any atom is 0.508 e. The number of anilines is 1. The predicted molar refractivity (Wildman–Crippen MR) is 150 cm³/mol. The van der Waals surface area contributed by atoms with Crippen molar-refractivity contribution in [2.45, 2.75) is 37.9 Å². The number of carbonyl (C=O) groups excluding carboxylic acids is 1. The number of aromatic amines is 1. The molecular weight excluding hydrogens is 570 g/mol. The molecule has 4 heterocycles. The van der Waals surface area contributed by atoms with Crippen LogP contribution < -0.4 is 11.3 Å². The second kappa shape index (κ2) is 13.5. The summed E-state index contributed by atoms with van der Waals surface area (Å²) in [7, 11) is 0. The molecule has 1 aliphatic heterocycles. The van der Waals surface area contributed by atoms with Crippen molar-refractivity contribution in [2.24, 2.45) is 0 Å². The largest absolute Gasteiger partial charge is 0.508 e. The highest BCUT2D eigenvalue weighted by atomic mass is 35.5. The molecule has 0 saturated carbocycles. The van der Waals surface area contributed by atoms with Crippen molar-refractivity contribution in [3.05, 3.63) is 87.7 Å². The molecule has 2 atom stereocenters. The molecule has 1 saturated heterocycles. The number of fused-ring (bicyclic) bond motifs is 1. The summed E-state index contributed by atoms with van der Waals surface area (Å²) in [5, 5.41) is 8.82. The van der Waals surface area contributed by atoms with Crippen LogP contribution in [0.2, 0.25) is 5.28 Å². The lowest BCUT2D eigenvalue weighted by molar-refractivity contribution is -0.0737. The Kier molecular flexibility index (Phi) is 9.64. The highest BCUT2D eigenvalue weighted by molar-refractivity contribution is 6.28. The Balaban J connectivity index is 0.000000310. The van der Waals surface area contributed by atoms with Crippen LogP contribution in [0.1, 0.15) is 30.2 Å². The first-order valence-electron chi connectivity index (χ1n) is 12.5. The number of hydrogen-bond acceptors (Lipinski definition) is 10. The SMILES string of the molecule is C#C[C@@]1(COC(=O)OCc2ccc[nH]c2=O)CC[C@H](n2ccc3c(N)nc(Cl)nc32)O1.O=C(O)OCc1ccccc1. The standard InChI is InChI=1S/C20H18ClN5O5.C8H8O3/c1-2-20(11-30-19(28)29-10-12-4-3-8-23-17(12)27)7-5-14(31-20)26-9-6-13-15(22)24-18(21)25-16(13)26;9-8(10)11-6-7-4-2-1-3-5-7/h1,3-4,6,8-9,14H,5,7,10-11H2,(H,23,27)(H2,22,24,25);1-5H,6H2,(H,9,10)/t14-,20+;/m1./s1. The second-order valence-electron chi connectivity index (χ2n) is 8.98. The molecule has 0 radical (unpaired) electrons. The molecule has 5 rings (SSSR count). The van der Waals surface area contributed by atoms with Crippen molar-refractivity contribution in [1.82, 2.24) is 19.5 Å². The number of halogens is 1. The van der Waals surface area contributed by atoms with E-state index >= 15 is 0 Å². The number of terminal acetylenes is 1. The number of carboxylic acid groups (broad SMARTS) is 1. The van der Waals surface area contributed by atoms with Crippen LogP contribution in [-0.2, 0) is 32.2 Å². The van der Waals surface area contributed by atoms with Gasteiger partial charge in [0.25, 0.3) is 5.56 Å². The van der Waals surface area contributed by atoms with Crippen molar-refractivity contribution in [3.8, 4) is 12.3 Å². The first-order chi connectivity index (χ1) is 20.2. The van der Waals surface area contributed by atoms with Crippen molar-refractivity contribution in [3.63, 3.8) is 0 Å². The number of nitrogens with one attached hydrogen (secondary N) is 1. The van der Waals surface area contributed by atoms with Gasteiger partial charge in [-0.2, -0.15) is 4.98 Å². The Morgan fingerprint density at radius 3 is 2.67 bits per heavy atom. The number of benzene rings is 1. The average molecular weight is 596 g/mol. The van der Waals surface area contributed by atoms with Crippen LogP contribution in [-0.4, -0.2) is 49.1 Å². The van der Waals surface area contributed by atoms with Gasteiger partial charge in [-0.25, -0.2) is 14.6 Å². The fourth-order valence-corrected chi connectivity index (χ4v) is 4.26.